The number of ether oxygens (including phenoxy) is 2. The van der Waals surface area contributed by atoms with Gasteiger partial charge in [-0.1, -0.05) is 0 Å². The summed E-state index contributed by atoms with van der Waals surface area (Å²) in [5.41, 5.74) is 5.62. The fourth-order valence-electron chi connectivity index (χ4n) is 2.38. The molecule has 2 heterocycles. The van der Waals surface area contributed by atoms with Crippen molar-refractivity contribution >= 4 is 5.82 Å². The van der Waals surface area contributed by atoms with Crippen LogP contribution in [0, 0.1) is 0 Å². The van der Waals surface area contributed by atoms with Crippen molar-refractivity contribution < 1.29 is 29.9 Å². The number of hydrogen-bond donors (Lipinski definition) is 5. The Morgan fingerprint density at radius 2 is 2.00 bits per heavy atom. The van der Waals surface area contributed by atoms with Gasteiger partial charge in [-0.15, -0.1) is 0 Å². The number of nitrogens with zero attached hydrogens (tertiary/aromatic N) is 2. The average molecular weight is 345 g/mol. The van der Waals surface area contributed by atoms with E-state index in [-0.39, 0.29) is 18.5 Å². The van der Waals surface area contributed by atoms with Crippen LogP contribution in [0.3, 0.4) is 0 Å². The van der Waals surface area contributed by atoms with Crippen LogP contribution in [0.15, 0.2) is 11.0 Å². The van der Waals surface area contributed by atoms with E-state index in [1.807, 2.05) is 13.8 Å². The van der Waals surface area contributed by atoms with E-state index in [0.29, 0.717) is 5.56 Å². The standard InChI is InChI=1S/C14H23N3O7/c1-6(2)17-3-7(12(15)16-14(17)22)5-23-13-11(21)10(20)9(19)8(4-18)24-13/h3,6,8-11,13,18-21H,4-5H2,1-2H3,(H2,15,16,22). The Bertz CT molecular complexity index is 619. The predicted molar refractivity (Wildman–Crippen MR) is 81.9 cm³/mol. The number of aliphatic hydroxyl groups is 4. The number of anilines is 1. The molecule has 1 aromatic heterocycles. The predicted octanol–water partition coefficient (Wildman–Crippen LogP) is -2.28. The highest BCUT2D eigenvalue weighted by molar-refractivity contribution is 5.36. The molecular weight excluding hydrogens is 322 g/mol. The molecule has 1 aromatic rings. The normalized spacial score (nSPS) is 30.7. The maximum absolute atomic E-state index is 11.7. The number of nitrogen functional groups attached to an aromatic ring is 1. The van der Waals surface area contributed by atoms with Gasteiger partial charge in [0.1, 0.15) is 30.2 Å². The summed E-state index contributed by atoms with van der Waals surface area (Å²) < 4.78 is 12.0. The topological polar surface area (TPSA) is 160 Å². The van der Waals surface area contributed by atoms with Gasteiger partial charge in [0.2, 0.25) is 0 Å². The fourth-order valence-corrected chi connectivity index (χ4v) is 2.38. The molecule has 0 aliphatic carbocycles. The highest BCUT2D eigenvalue weighted by Gasteiger charge is 2.44. The smallest absolute Gasteiger partial charge is 0.349 e. The van der Waals surface area contributed by atoms with Crippen LogP contribution in [0.5, 0.6) is 0 Å². The van der Waals surface area contributed by atoms with Crippen LogP contribution in [0.4, 0.5) is 5.82 Å². The van der Waals surface area contributed by atoms with Gasteiger partial charge in [-0.2, -0.15) is 4.98 Å². The summed E-state index contributed by atoms with van der Waals surface area (Å²) >= 11 is 0. The van der Waals surface area contributed by atoms with Gasteiger partial charge in [-0.05, 0) is 13.8 Å². The monoisotopic (exact) mass is 345 g/mol. The van der Waals surface area contributed by atoms with Gasteiger partial charge in [0.15, 0.2) is 6.29 Å². The minimum Gasteiger partial charge on any atom is -0.394 e. The van der Waals surface area contributed by atoms with Crippen molar-refractivity contribution in [3.8, 4) is 0 Å². The van der Waals surface area contributed by atoms with E-state index < -0.39 is 43.0 Å². The van der Waals surface area contributed by atoms with Crippen molar-refractivity contribution in [3.63, 3.8) is 0 Å². The number of nitrogens with two attached hydrogens (primary N) is 1. The molecule has 0 aromatic carbocycles. The molecule has 136 valence electrons. The van der Waals surface area contributed by atoms with E-state index in [0.717, 1.165) is 0 Å². The molecule has 5 unspecified atom stereocenters. The molecule has 0 bridgehead atoms. The first-order chi connectivity index (χ1) is 11.3. The molecule has 0 spiro atoms. The molecule has 1 fully saturated rings. The summed E-state index contributed by atoms with van der Waals surface area (Å²) in [5.74, 6) is -0.0125. The molecule has 24 heavy (non-hydrogen) atoms. The molecule has 10 heteroatoms. The molecule has 5 atom stereocenters. The van der Waals surface area contributed by atoms with Crippen LogP contribution >= 0.6 is 0 Å². The highest BCUT2D eigenvalue weighted by atomic mass is 16.7. The average Bonchev–Trinajstić information content (AvgIpc) is 2.53. The minimum atomic E-state index is -1.53. The van der Waals surface area contributed by atoms with Crippen LogP contribution in [-0.4, -0.2) is 67.3 Å². The first-order valence-corrected chi connectivity index (χ1v) is 7.56. The first kappa shape index (κ1) is 18.8. The van der Waals surface area contributed by atoms with E-state index in [2.05, 4.69) is 4.98 Å². The largest absolute Gasteiger partial charge is 0.394 e. The summed E-state index contributed by atoms with van der Waals surface area (Å²) in [6, 6.07) is -0.128. The van der Waals surface area contributed by atoms with Crippen molar-refractivity contribution in [1.82, 2.24) is 9.55 Å². The van der Waals surface area contributed by atoms with E-state index in [1.165, 1.54) is 10.8 Å². The Balaban J connectivity index is 2.12. The van der Waals surface area contributed by atoms with Gasteiger partial charge in [0, 0.05) is 17.8 Å². The molecule has 10 nitrogen and oxygen atoms in total. The zero-order valence-corrected chi connectivity index (χ0v) is 13.4. The van der Waals surface area contributed by atoms with Crippen LogP contribution in [0.2, 0.25) is 0 Å². The number of rotatable bonds is 5. The molecule has 2 rings (SSSR count). The van der Waals surface area contributed by atoms with E-state index in [1.54, 1.807) is 0 Å². The Kier molecular flexibility index (Phi) is 5.91. The Morgan fingerprint density at radius 3 is 2.58 bits per heavy atom. The second-order valence-corrected chi connectivity index (χ2v) is 5.94. The summed E-state index contributed by atoms with van der Waals surface area (Å²) in [5, 5.41) is 38.5. The minimum absolute atomic E-state index is 0.0125. The van der Waals surface area contributed by atoms with Crippen molar-refractivity contribution in [3.05, 3.63) is 22.2 Å². The third-order valence-corrected chi connectivity index (χ3v) is 3.87. The summed E-state index contributed by atoms with van der Waals surface area (Å²) in [6.07, 6.45) is -5.33. The van der Waals surface area contributed by atoms with Crippen LogP contribution in [-0.2, 0) is 16.1 Å². The summed E-state index contributed by atoms with van der Waals surface area (Å²) in [6.45, 7) is 2.92. The number of aromatic nitrogens is 2. The van der Waals surface area contributed by atoms with Gasteiger partial charge in [-0.3, -0.25) is 4.57 Å². The highest BCUT2D eigenvalue weighted by Crippen LogP contribution is 2.23. The van der Waals surface area contributed by atoms with Crippen molar-refractivity contribution in [2.45, 2.75) is 57.2 Å². The SMILES string of the molecule is CC(C)n1cc(COC2OC(CO)C(O)C(O)C2O)c(N)nc1=O. The lowest BCUT2D eigenvalue weighted by molar-refractivity contribution is -0.304. The van der Waals surface area contributed by atoms with Gasteiger partial charge >= 0.3 is 5.69 Å². The van der Waals surface area contributed by atoms with Gasteiger partial charge in [0.25, 0.3) is 0 Å². The molecule has 1 saturated heterocycles. The first-order valence-electron chi connectivity index (χ1n) is 7.56. The molecule has 1 aliphatic heterocycles. The lowest BCUT2D eigenvalue weighted by Crippen LogP contribution is -2.59. The van der Waals surface area contributed by atoms with E-state index >= 15 is 0 Å². The third-order valence-electron chi connectivity index (χ3n) is 3.87. The number of hydrogen-bond acceptors (Lipinski definition) is 9. The summed E-state index contributed by atoms with van der Waals surface area (Å²) in [4.78, 5) is 15.4. The maximum atomic E-state index is 11.7. The van der Waals surface area contributed by atoms with Crippen LogP contribution < -0.4 is 11.4 Å². The second kappa shape index (κ2) is 7.55. The van der Waals surface area contributed by atoms with E-state index in [4.69, 9.17) is 20.3 Å². The van der Waals surface area contributed by atoms with Crippen molar-refractivity contribution in [2.75, 3.05) is 12.3 Å². The van der Waals surface area contributed by atoms with Crippen LogP contribution in [0.1, 0.15) is 25.5 Å². The second-order valence-electron chi connectivity index (χ2n) is 5.94. The van der Waals surface area contributed by atoms with Gasteiger partial charge in [0.05, 0.1) is 13.2 Å². The summed E-state index contributed by atoms with van der Waals surface area (Å²) in [7, 11) is 0. The lowest BCUT2D eigenvalue weighted by atomic mass is 9.99. The molecule has 1 aliphatic rings. The van der Waals surface area contributed by atoms with Gasteiger partial charge < -0.3 is 35.6 Å². The zero-order chi connectivity index (χ0) is 18.0. The Labute approximate surface area is 138 Å². The Hall–Kier alpha value is -1.56. The third kappa shape index (κ3) is 3.74. The zero-order valence-electron chi connectivity index (χ0n) is 13.4. The van der Waals surface area contributed by atoms with Crippen molar-refractivity contribution in [1.29, 1.82) is 0 Å². The van der Waals surface area contributed by atoms with E-state index in [9.17, 15) is 20.1 Å². The quantitative estimate of drug-likeness (QED) is 0.396. The lowest BCUT2D eigenvalue weighted by Gasteiger charge is -2.39. The molecule has 6 N–H and O–H groups in total. The van der Waals surface area contributed by atoms with Crippen LogP contribution in [0.25, 0.3) is 0 Å². The molecule has 0 amide bonds. The van der Waals surface area contributed by atoms with Gasteiger partial charge in [-0.25, -0.2) is 4.79 Å². The van der Waals surface area contributed by atoms with Crippen molar-refractivity contribution in [2.24, 2.45) is 0 Å². The number of aliphatic hydroxyl groups excluding tert-OH is 4. The maximum Gasteiger partial charge on any atom is 0.349 e. The molecule has 0 radical (unpaired) electrons. The molecular formula is C14H23N3O7. The Morgan fingerprint density at radius 1 is 1.33 bits per heavy atom. The molecule has 0 saturated carbocycles. The fraction of sp³-hybridized carbons (Fsp3) is 0.714.